The first-order valence-corrected chi connectivity index (χ1v) is 7.34. The molecule has 22 heavy (non-hydrogen) atoms. The van der Waals surface area contributed by atoms with Crippen LogP contribution in [0.5, 0.6) is 0 Å². The average Bonchev–Trinajstić information content (AvgIpc) is 2.85. The fraction of sp³-hybridized carbons (Fsp3) is 0.562. The number of hydrogen-bond donors (Lipinski definition) is 2. The first-order chi connectivity index (χ1) is 10.3. The van der Waals surface area contributed by atoms with Gasteiger partial charge in [-0.2, -0.15) is 0 Å². The molecule has 1 fully saturated rings. The summed E-state index contributed by atoms with van der Waals surface area (Å²) in [7, 11) is 0. The number of nitrogens with one attached hydrogen (secondary N) is 2. The van der Waals surface area contributed by atoms with Gasteiger partial charge in [0.2, 0.25) is 0 Å². The number of hydrogen-bond acceptors (Lipinski definition) is 3. The third-order valence-corrected chi connectivity index (χ3v) is 3.53. The molecular formula is C16H22F2N2O2. The standard InChI is InChI=1S/C16H22F2N2O2/c1-16(2,3)22-15(21)20-14-9-19-8-12(14)11-6-10(7-17)4-5-13(11)18/h4-6,12,14,19H,7-9H2,1-3H3,(H,20,21). The van der Waals surface area contributed by atoms with Crippen molar-refractivity contribution >= 4 is 6.09 Å². The van der Waals surface area contributed by atoms with Gasteiger partial charge in [0.25, 0.3) is 0 Å². The zero-order valence-electron chi connectivity index (χ0n) is 13.1. The van der Waals surface area contributed by atoms with E-state index in [0.717, 1.165) is 0 Å². The van der Waals surface area contributed by atoms with Gasteiger partial charge >= 0.3 is 6.09 Å². The molecule has 0 radical (unpaired) electrons. The quantitative estimate of drug-likeness (QED) is 0.902. The molecular weight excluding hydrogens is 290 g/mol. The van der Waals surface area contributed by atoms with E-state index in [0.29, 0.717) is 24.2 Å². The van der Waals surface area contributed by atoms with Gasteiger partial charge in [-0.05, 0) is 44.0 Å². The van der Waals surface area contributed by atoms with E-state index in [1.54, 1.807) is 20.8 Å². The molecule has 122 valence electrons. The minimum absolute atomic E-state index is 0.251. The van der Waals surface area contributed by atoms with Crippen LogP contribution in [-0.2, 0) is 11.4 Å². The van der Waals surface area contributed by atoms with Crippen LogP contribution >= 0.6 is 0 Å². The van der Waals surface area contributed by atoms with Gasteiger partial charge in [-0.3, -0.25) is 0 Å². The van der Waals surface area contributed by atoms with Gasteiger partial charge < -0.3 is 15.4 Å². The number of amides is 1. The number of carbonyl (C=O) groups is 1. The van der Waals surface area contributed by atoms with Crippen molar-refractivity contribution in [3.8, 4) is 0 Å². The second-order valence-electron chi connectivity index (χ2n) is 6.51. The highest BCUT2D eigenvalue weighted by molar-refractivity contribution is 5.68. The van der Waals surface area contributed by atoms with E-state index in [2.05, 4.69) is 10.6 Å². The minimum Gasteiger partial charge on any atom is -0.444 e. The summed E-state index contributed by atoms with van der Waals surface area (Å²) in [4.78, 5) is 11.9. The molecule has 1 aromatic carbocycles. The second-order valence-corrected chi connectivity index (χ2v) is 6.51. The molecule has 2 unspecified atom stereocenters. The topological polar surface area (TPSA) is 50.4 Å². The summed E-state index contributed by atoms with van der Waals surface area (Å²) >= 11 is 0. The molecule has 0 saturated carbocycles. The molecule has 4 nitrogen and oxygen atoms in total. The number of alkyl carbamates (subject to hydrolysis) is 1. The molecule has 2 atom stereocenters. The average molecular weight is 312 g/mol. The Morgan fingerprint density at radius 2 is 2.14 bits per heavy atom. The summed E-state index contributed by atoms with van der Waals surface area (Å²) in [5, 5.41) is 5.89. The van der Waals surface area contributed by atoms with Crippen LogP contribution in [0.3, 0.4) is 0 Å². The van der Waals surface area contributed by atoms with Crippen molar-refractivity contribution in [1.82, 2.24) is 10.6 Å². The van der Waals surface area contributed by atoms with Gasteiger partial charge in [-0.15, -0.1) is 0 Å². The molecule has 1 saturated heterocycles. The van der Waals surface area contributed by atoms with E-state index in [4.69, 9.17) is 4.74 Å². The number of rotatable bonds is 3. The van der Waals surface area contributed by atoms with Crippen LogP contribution in [0.2, 0.25) is 0 Å². The Balaban J connectivity index is 2.12. The number of benzene rings is 1. The van der Waals surface area contributed by atoms with Crippen molar-refractivity contribution in [3.63, 3.8) is 0 Å². The van der Waals surface area contributed by atoms with E-state index in [1.807, 2.05) is 0 Å². The highest BCUT2D eigenvalue weighted by Gasteiger charge is 2.32. The van der Waals surface area contributed by atoms with Crippen LogP contribution in [0.25, 0.3) is 0 Å². The smallest absolute Gasteiger partial charge is 0.407 e. The van der Waals surface area contributed by atoms with Crippen LogP contribution in [0.15, 0.2) is 18.2 Å². The fourth-order valence-electron chi connectivity index (χ4n) is 2.58. The van der Waals surface area contributed by atoms with Gasteiger partial charge in [0.15, 0.2) is 0 Å². The number of alkyl halides is 1. The van der Waals surface area contributed by atoms with Crippen LogP contribution in [-0.4, -0.2) is 30.8 Å². The highest BCUT2D eigenvalue weighted by Crippen LogP contribution is 2.27. The van der Waals surface area contributed by atoms with Crippen LogP contribution in [0.4, 0.5) is 13.6 Å². The maximum Gasteiger partial charge on any atom is 0.407 e. The molecule has 1 aliphatic rings. The SMILES string of the molecule is CC(C)(C)OC(=O)NC1CNCC1c1cc(CF)ccc1F. The lowest BCUT2D eigenvalue weighted by Crippen LogP contribution is -2.42. The second kappa shape index (κ2) is 6.60. The normalized spacial score (nSPS) is 21.7. The highest BCUT2D eigenvalue weighted by atomic mass is 19.1. The predicted molar refractivity (Wildman–Crippen MR) is 80.0 cm³/mol. The van der Waals surface area contributed by atoms with Gasteiger partial charge in [0.1, 0.15) is 18.1 Å². The fourth-order valence-corrected chi connectivity index (χ4v) is 2.58. The lowest BCUT2D eigenvalue weighted by atomic mass is 9.92. The summed E-state index contributed by atoms with van der Waals surface area (Å²) < 4.78 is 32.1. The molecule has 2 rings (SSSR count). The van der Waals surface area contributed by atoms with Crippen LogP contribution in [0.1, 0.15) is 37.8 Å². The molecule has 0 aromatic heterocycles. The maximum absolute atomic E-state index is 14.0. The number of halogens is 2. The van der Waals surface area contributed by atoms with Gasteiger partial charge in [-0.1, -0.05) is 6.07 Å². The summed E-state index contributed by atoms with van der Waals surface area (Å²) in [5.74, 6) is -0.638. The van der Waals surface area contributed by atoms with Crippen molar-refractivity contribution < 1.29 is 18.3 Å². The van der Waals surface area contributed by atoms with E-state index in [9.17, 15) is 13.6 Å². The first kappa shape index (κ1) is 16.7. The summed E-state index contributed by atoms with van der Waals surface area (Å²) in [6, 6.07) is 3.93. The first-order valence-electron chi connectivity index (χ1n) is 7.34. The third-order valence-electron chi connectivity index (χ3n) is 3.53. The summed E-state index contributed by atoms with van der Waals surface area (Å²) in [5.41, 5.74) is 0.255. The van der Waals surface area contributed by atoms with E-state index in [-0.39, 0.29) is 17.8 Å². The zero-order valence-corrected chi connectivity index (χ0v) is 13.1. The van der Waals surface area contributed by atoms with E-state index in [1.165, 1.54) is 18.2 Å². The molecule has 1 aliphatic heterocycles. The monoisotopic (exact) mass is 312 g/mol. The zero-order chi connectivity index (χ0) is 16.3. The van der Waals surface area contributed by atoms with Crippen molar-refractivity contribution in [3.05, 3.63) is 35.1 Å². The van der Waals surface area contributed by atoms with E-state index < -0.39 is 18.4 Å². The molecule has 0 bridgehead atoms. The Labute approximate surface area is 129 Å². The van der Waals surface area contributed by atoms with Gasteiger partial charge in [0.05, 0.1) is 6.04 Å². The van der Waals surface area contributed by atoms with Gasteiger partial charge in [-0.25, -0.2) is 13.6 Å². The molecule has 1 aromatic rings. The van der Waals surface area contributed by atoms with Crippen molar-refractivity contribution in [2.24, 2.45) is 0 Å². The number of ether oxygens (including phenoxy) is 1. The molecule has 2 N–H and O–H groups in total. The lowest BCUT2D eigenvalue weighted by molar-refractivity contribution is 0.0504. The Kier molecular flexibility index (Phi) is 5.01. The molecule has 1 heterocycles. The Morgan fingerprint density at radius 3 is 2.77 bits per heavy atom. The van der Waals surface area contributed by atoms with Crippen LogP contribution in [0, 0.1) is 5.82 Å². The van der Waals surface area contributed by atoms with Crippen molar-refractivity contribution in [2.75, 3.05) is 13.1 Å². The lowest BCUT2D eigenvalue weighted by Gasteiger charge is -2.24. The Hall–Kier alpha value is -1.69. The summed E-state index contributed by atoms with van der Waals surface area (Å²) in [6.07, 6.45) is -0.534. The maximum atomic E-state index is 14.0. The molecule has 0 aliphatic carbocycles. The number of carbonyl (C=O) groups excluding carboxylic acids is 1. The third kappa shape index (κ3) is 4.16. The van der Waals surface area contributed by atoms with Crippen LogP contribution < -0.4 is 10.6 Å². The van der Waals surface area contributed by atoms with E-state index >= 15 is 0 Å². The largest absolute Gasteiger partial charge is 0.444 e. The Bertz CT molecular complexity index is 543. The van der Waals surface area contributed by atoms with Gasteiger partial charge in [0, 0.05) is 19.0 Å². The predicted octanol–water partition coefficient (Wildman–Crippen LogP) is 2.88. The summed E-state index contributed by atoms with van der Waals surface area (Å²) in [6.45, 7) is 5.73. The minimum atomic E-state index is -0.641. The molecule has 0 spiro atoms. The molecule has 6 heteroatoms. The molecule has 1 amide bonds. The van der Waals surface area contributed by atoms with Crippen molar-refractivity contribution in [1.29, 1.82) is 0 Å². The Morgan fingerprint density at radius 1 is 1.41 bits per heavy atom. The van der Waals surface area contributed by atoms with Crippen molar-refractivity contribution in [2.45, 2.75) is 45.0 Å².